The van der Waals surface area contributed by atoms with Gasteiger partial charge in [-0.25, -0.2) is 4.98 Å². The Balaban J connectivity index is 2.63. The van der Waals surface area contributed by atoms with Gasteiger partial charge >= 0.3 is 6.18 Å². The van der Waals surface area contributed by atoms with Crippen LogP contribution in [0, 0.1) is 5.92 Å². The topological polar surface area (TPSA) is 50.9 Å². The second kappa shape index (κ2) is 6.75. The fourth-order valence-corrected chi connectivity index (χ4v) is 1.99. The maximum absolute atomic E-state index is 12.5. The van der Waals surface area contributed by atoms with Gasteiger partial charge in [-0.2, -0.15) is 13.2 Å². The number of rotatable bonds is 6. The fourth-order valence-electron chi connectivity index (χ4n) is 1.99. The molecule has 108 valence electrons. The molecule has 0 bridgehead atoms. The molecule has 0 aliphatic heterocycles. The second-order valence-electron chi connectivity index (χ2n) is 4.55. The predicted molar refractivity (Wildman–Crippen MR) is 69.8 cm³/mol. The second-order valence-corrected chi connectivity index (χ2v) is 4.55. The Morgan fingerprint density at radius 2 is 1.95 bits per heavy atom. The Labute approximate surface area is 111 Å². The van der Waals surface area contributed by atoms with Crippen molar-refractivity contribution in [1.82, 2.24) is 4.98 Å². The number of nitrogens with two attached hydrogens (primary N) is 1. The van der Waals surface area contributed by atoms with E-state index in [1.807, 2.05) is 0 Å². The number of hydrogen-bond donors (Lipinski definition) is 2. The highest BCUT2D eigenvalue weighted by Crippen LogP contribution is 2.29. The molecule has 0 radical (unpaired) electrons. The number of halogens is 3. The van der Waals surface area contributed by atoms with Crippen molar-refractivity contribution in [3.63, 3.8) is 0 Å². The lowest BCUT2D eigenvalue weighted by atomic mass is 9.95. The largest absolute Gasteiger partial charge is 0.416 e. The molecule has 0 spiro atoms. The average molecular weight is 275 g/mol. The SMILES string of the molecule is CCC(CC)C(N)CNc1cc(C(F)(F)F)ccn1. The van der Waals surface area contributed by atoms with E-state index in [1.54, 1.807) is 0 Å². The maximum atomic E-state index is 12.5. The summed E-state index contributed by atoms with van der Waals surface area (Å²) >= 11 is 0. The molecule has 1 unspecified atom stereocenters. The lowest BCUT2D eigenvalue weighted by molar-refractivity contribution is -0.137. The van der Waals surface area contributed by atoms with E-state index in [0.29, 0.717) is 12.5 Å². The van der Waals surface area contributed by atoms with Gasteiger partial charge < -0.3 is 11.1 Å². The molecular formula is C13H20F3N3. The quantitative estimate of drug-likeness (QED) is 0.837. The number of anilines is 1. The van der Waals surface area contributed by atoms with Crippen LogP contribution in [-0.4, -0.2) is 17.6 Å². The molecular weight excluding hydrogens is 255 g/mol. The van der Waals surface area contributed by atoms with Crippen LogP contribution in [0.1, 0.15) is 32.3 Å². The van der Waals surface area contributed by atoms with Crippen molar-refractivity contribution in [2.24, 2.45) is 11.7 Å². The minimum atomic E-state index is -4.35. The number of nitrogens with zero attached hydrogens (tertiary/aromatic N) is 1. The Morgan fingerprint density at radius 3 is 2.47 bits per heavy atom. The molecule has 0 aliphatic rings. The van der Waals surface area contributed by atoms with E-state index in [4.69, 9.17) is 5.73 Å². The third-order valence-electron chi connectivity index (χ3n) is 3.26. The van der Waals surface area contributed by atoms with E-state index in [-0.39, 0.29) is 11.9 Å². The lowest BCUT2D eigenvalue weighted by Crippen LogP contribution is -2.36. The van der Waals surface area contributed by atoms with E-state index in [9.17, 15) is 13.2 Å². The Morgan fingerprint density at radius 1 is 1.32 bits per heavy atom. The van der Waals surface area contributed by atoms with Gasteiger partial charge in [-0.1, -0.05) is 26.7 Å². The number of hydrogen-bond acceptors (Lipinski definition) is 3. The predicted octanol–water partition coefficient (Wildman–Crippen LogP) is 3.28. The zero-order valence-corrected chi connectivity index (χ0v) is 11.2. The van der Waals surface area contributed by atoms with Crippen molar-refractivity contribution >= 4 is 5.82 Å². The molecule has 0 amide bonds. The van der Waals surface area contributed by atoms with Gasteiger partial charge in [0.15, 0.2) is 0 Å². The zero-order valence-electron chi connectivity index (χ0n) is 11.2. The summed E-state index contributed by atoms with van der Waals surface area (Å²) in [6.45, 7) is 4.52. The maximum Gasteiger partial charge on any atom is 0.416 e. The summed E-state index contributed by atoms with van der Waals surface area (Å²) in [6.07, 6.45) is -1.30. The number of nitrogens with one attached hydrogen (secondary N) is 1. The van der Waals surface area contributed by atoms with E-state index in [2.05, 4.69) is 24.1 Å². The fraction of sp³-hybridized carbons (Fsp3) is 0.615. The first kappa shape index (κ1) is 15.8. The smallest absolute Gasteiger partial charge is 0.368 e. The number of alkyl halides is 3. The van der Waals surface area contributed by atoms with Crippen LogP contribution < -0.4 is 11.1 Å². The number of pyridine rings is 1. The molecule has 19 heavy (non-hydrogen) atoms. The normalized spacial score (nSPS) is 13.6. The summed E-state index contributed by atoms with van der Waals surface area (Å²) in [5, 5.41) is 2.87. The van der Waals surface area contributed by atoms with Crippen LogP contribution in [0.5, 0.6) is 0 Å². The molecule has 0 aliphatic carbocycles. The summed E-state index contributed by atoms with van der Waals surface area (Å²) in [7, 11) is 0. The first-order chi connectivity index (χ1) is 8.88. The lowest BCUT2D eigenvalue weighted by Gasteiger charge is -2.21. The monoisotopic (exact) mass is 275 g/mol. The highest BCUT2D eigenvalue weighted by Gasteiger charge is 2.30. The first-order valence-electron chi connectivity index (χ1n) is 6.41. The van der Waals surface area contributed by atoms with Crippen molar-refractivity contribution in [3.8, 4) is 0 Å². The van der Waals surface area contributed by atoms with Crippen LogP contribution in [0.25, 0.3) is 0 Å². The van der Waals surface area contributed by atoms with Crippen molar-refractivity contribution in [2.75, 3.05) is 11.9 Å². The van der Waals surface area contributed by atoms with Crippen LogP contribution in [0.15, 0.2) is 18.3 Å². The molecule has 3 nitrogen and oxygen atoms in total. The van der Waals surface area contributed by atoms with Crippen molar-refractivity contribution in [2.45, 2.75) is 38.9 Å². The van der Waals surface area contributed by atoms with Crippen molar-refractivity contribution in [1.29, 1.82) is 0 Å². The van der Waals surface area contributed by atoms with Gasteiger partial charge in [0.2, 0.25) is 0 Å². The Hall–Kier alpha value is -1.30. The van der Waals surface area contributed by atoms with E-state index < -0.39 is 11.7 Å². The average Bonchev–Trinajstić information content (AvgIpc) is 2.37. The van der Waals surface area contributed by atoms with E-state index in [0.717, 1.165) is 31.2 Å². The Bertz CT molecular complexity index is 389. The van der Waals surface area contributed by atoms with E-state index in [1.165, 1.54) is 0 Å². The molecule has 3 N–H and O–H groups in total. The standard InChI is InChI=1S/C13H20F3N3/c1-3-9(4-2)11(17)8-19-12-7-10(5-6-18-12)13(14,15)16/h5-7,9,11H,3-4,8,17H2,1-2H3,(H,18,19). The summed E-state index contributed by atoms with van der Waals surface area (Å²) in [5.41, 5.74) is 5.29. The molecule has 0 saturated heterocycles. The van der Waals surface area contributed by atoms with Gasteiger partial charge in [0.05, 0.1) is 5.56 Å². The minimum absolute atomic E-state index is 0.0913. The van der Waals surface area contributed by atoms with Gasteiger partial charge in [0, 0.05) is 18.8 Å². The highest BCUT2D eigenvalue weighted by atomic mass is 19.4. The van der Waals surface area contributed by atoms with Crippen molar-refractivity contribution < 1.29 is 13.2 Å². The molecule has 1 rings (SSSR count). The molecule has 1 aromatic rings. The molecule has 0 fully saturated rings. The van der Waals surface area contributed by atoms with Gasteiger partial charge in [0.1, 0.15) is 5.82 Å². The van der Waals surface area contributed by atoms with Gasteiger partial charge in [-0.3, -0.25) is 0 Å². The van der Waals surface area contributed by atoms with Crippen LogP contribution in [0.4, 0.5) is 19.0 Å². The molecule has 1 aromatic heterocycles. The summed E-state index contributed by atoms with van der Waals surface area (Å²) < 4.78 is 37.6. The van der Waals surface area contributed by atoms with E-state index >= 15 is 0 Å². The molecule has 1 atom stereocenters. The molecule has 0 aromatic carbocycles. The summed E-state index contributed by atoms with van der Waals surface area (Å²) in [5.74, 6) is 0.564. The zero-order chi connectivity index (χ0) is 14.5. The van der Waals surface area contributed by atoms with Crippen LogP contribution in [0.2, 0.25) is 0 Å². The third kappa shape index (κ3) is 4.70. The summed E-state index contributed by atoms with van der Waals surface area (Å²) in [4.78, 5) is 3.87. The third-order valence-corrected chi connectivity index (χ3v) is 3.26. The first-order valence-corrected chi connectivity index (χ1v) is 6.41. The van der Waals surface area contributed by atoms with Gasteiger partial charge in [-0.15, -0.1) is 0 Å². The number of aromatic nitrogens is 1. The molecule has 1 heterocycles. The highest BCUT2D eigenvalue weighted by molar-refractivity contribution is 5.38. The van der Waals surface area contributed by atoms with Crippen LogP contribution >= 0.6 is 0 Å². The minimum Gasteiger partial charge on any atom is -0.368 e. The van der Waals surface area contributed by atoms with Gasteiger partial charge in [-0.05, 0) is 18.1 Å². The Kier molecular flexibility index (Phi) is 5.60. The van der Waals surface area contributed by atoms with Crippen LogP contribution in [0.3, 0.4) is 0 Å². The summed E-state index contributed by atoms with van der Waals surface area (Å²) in [6, 6.07) is 1.86. The van der Waals surface area contributed by atoms with Crippen molar-refractivity contribution in [3.05, 3.63) is 23.9 Å². The van der Waals surface area contributed by atoms with Gasteiger partial charge in [0.25, 0.3) is 0 Å². The molecule has 6 heteroatoms. The van der Waals surface area contributed by atoms with Crippen LogP contribution in [-0.2, 0) is 6.18 Å². The molecule has 0 saturated carbocycles.